The first-order valence-electron chi connectivity index (χ1n) is 21.6. The minimum Gasteiger partial charge on any atom is -0.319 e. The van der Waals surface area contributed by atoms with E-state index in [-0.39, 0.29) is 21.1 Å². The van der Waals surface area contributed by atoms with Gasteiger partial charge in [-0.25, -0.2) is 14.1 Å². The van der Waals surface area contributed by atoms with E-state index >= 15 is 0 Å². The van der Waals surface area contributed by atoms with Crippen molar-refractivity contribution in [3.05, 3.63) is 253 Å². The molecule has 11 aromatic rings. The Morgan fingerprint density at radius 2 is 1.13 bits per heavy atom. The van der Waals surface area contributed by atoms with Gasteiger partial charge in [-0.2, -0.15) is 30.3 Å². The predicted molar refractivity (Wildman–Crippen MR) is 246 cm³/mol. The Balaban J connectivity index is 0.00000484. The Kier molecular flexibility index (Phi) is 8.99. The average Bonchev–Trinajstić information content (AvgIpc) is 3.90. The molecule has 0 amide bonds. The van der Waals surface area contributed by atoms with E-state index in [0.717, 1.165) is 83.3 Å². The van der Waals surface area contributed by atoms with Gasteiger partial charge in [0.25, 0.3) is 0 Å². The molecule has 0 fully saturated rings. The van der Waals surface area contributed by atoms with Crippen LogP contribution in [-0.2, 0) is 33.5 Å². The summed E-state index contributed by atoms with van der Waals surface area (Å²) in [7, 11) is 0. The summed E-state index contributed by atoms with van der Waals surface area (Å²) in [5, 5.41) is 2.17. The minimum atomic E-state index is -2.37. The number of rotatable bonds is 8. The van der Waals surface area contributed by atoms with Crippen LogP contribution in [-0.4, -0.2) is 18.7 Å². The van der Waals surface area contributed by atoms with Gasteiger partial charge >= 0.3 is 0 Å². The van der Waals surface area contributed by atoms with Gasteiger partial charge in [0, 0.05) is 67.1 Å². The molecule has 0 unspecified atom stereocenters. The maximum absolute atomic E-state index is 8.36. The van der Waals surface area contributed by atoms with E-state index in [0.29, 0.717) is 5.52 Å². The first-order valence-corrected chi connectivity index (χ1v) is 20.1. The van der Waals surface area contributed by atoms with E-state index < -0.39 is 12.4 Å². The minimum absolute atomic E-state index is 0. The molecule has 3 heterocycles. The molecule has 0 aliphatic heterocycles. The monoisotopic (exact) mass is 965 g/mol. The molecule has 0 bridgehead atoms. The van der Waals surface area contributed by atoms with Crippen LogP contribution in [0.5, 0.6) is 0 Å². The molecule has 11 rings (SSSR count). The number of para-hydroxylation sites is 3. The molecule has 294 valence electrons. The number of hydrogen-bond donors (Lipinski definition) is 0. The van der Waals surface area contributed by atoms with Crippen molar-refractivity contribution in [2.24, 2.45) is 6.98 Å². The topological polar surface area (TPSA) is 27.7 Å². The third-order valence-electron chi connectivity index (χ3n) is 11.8. The molecule has 0 atom stereocenters. The van der Waals surface area contributed by atoms with Gasteiger partial charge < -0.3 is 4.57 Å². The molecule has 4 nitrogen and oxygen atoms in total. The quantitative estimate of drug-likeness (QED) is 0.110. The Bertz CT molecular complexity index is 3410. The summed E-state index contributed by atoms with van der Waals surface area (Å²) >= 11 is 0. The summed E-state index contributed by atoms with van der Waals surface area (Å²) in [6.45, 7) is -2.37. The summed E-state index contributed by atoms with van der Waals surface area (Å²) in [6.07, 6.45) is 3.56. The number of aryl methyl sites for hydroxylation is 1. The summed E-state index contributed by atoms with van der Waals surface area (Å²) < 4.78 is 30.6. The summed E-state index contributed by atoms with van der Waals surface area (Å²) in [6, 6.07) is 78.9. The first kappa shape index (κ1) is 34.7. The van der Waals surface area contributed by atoms with Gasteiger partial charge in [-0.15, -0.1) is 22.6 Å². The van der Waals surface area contributed by atoms with E-state index in [1.54, 1.807) is 6.33 Å². The van der Waals surface area contributed by atoms with Gasteiger partial charge in [-0.05, 0) is 69.1 Å². The molecule has 5 heteroatoms. The summed E-state index contributed by atoms with van der Waals surface area (Å²) in [5.74, 6) is 0.788. The Hall–Kier alpha value is -7.13. The maximum Gasteiger partial charge on any atom is 0.188 e. The molecule has 0 saturated carbocycles. The molecule has 0 spiro atoms. The van der Waals surface area contributed by atoms with Crippen LogP contribution in [0.15, 0.2) is 219 Å². The summed E-state index contributed by atoms with van der Waals surface area (Å²) in [5.41, 5.74) is 11.5. The smallest absolute Gasteiger partial charge is 0.188 e. The van der Waals surface area contributed by atoms with Crippen molar-refractivity contribution in [2.45, 2.75) is 5.41 Å². The second kappa shape index (κ2) is 15.8. The normalized spacial score (nSPS) is 12.5. The van der Waals surface area contributed by atoms with E-state index in [4.69, 9.17) is 9.10 Å². The van der Waals surface area contributed by atoms with Crippen molar-refractivity contribution < 1.29 is 25.2 Å². The van der Waals surface area contributed by atoms with Crippen LogP contribution in [0.25, 0.3) is 66.6 Å². The van der Waals surface area contributed by atoms with Gasteiger partial charge in [0.1, 0.15) is 5.82 Å². The van der Waals surface area contributed by atoms with Crippen LogP contribution in [0.1, 0.15) is 26.4 Å². The van der Waals surface area contributed by atoms with Crippen molar-refractivity contribution in [1.29, 1.82) is 0 Å². The number of fused-ring (bicyclic) bond motifs is 4. The fraction of sp³-hybridized carbons (Fsp3) is 0.0357. The number of pyridine rings is 1. The number of benzene rings is 8. The van der Waals surface area contributed by atoms with E-state index in [1.165, 1.54) is 4.57 Å². The standard InChI is InChI=1S/C56H39N4.Pt/c1-58-39-59(53-31-16-15-30-52(53)58)46-25-17-24-44(37-46)56(42-20-7-3-8-21-42,43-22-9-4-10-23-43)45-32-33-50-49-28-13-14-29-51(49)60(54(50)38-45)55-36-41(34-35-57-55)48-27-12-11-26-47(48)40-18-5-2-6-19-40;/h2-36,39H,1H3;/q-1;/i1D3;. The predicted octanol–water partition coefficient (Wildman–Crippen LogP) is 13.1. The molecule has 3 aromatic heterocycles. The first-order chi connectivity index (χ1) is 30.9. The zero-order chi connectivity index (χ0) is 42.5. The molecule has 8 aromatic carbocycles. The van der Waals surface area contributed by atoms with E-state index in [9.17, 15) is 0 Å². The van der Waals surface area contributed by atoms with E-state index in [2.05, 4.69) is 168 Å². The number of imidazole rings is 1. The van der Waals surface area contributed by atoms with Crippen LogP contribution >= 0.6 is 0 Å². The SMILES string of the molecule is [2H]C([2H])([2H])n1[cH+]n(-c2[c-]c(C(c3[c-]c4c(cc3)c3ccccc3n4-c3cc(-c4ccccc4-c4ccccc4)ccn3)(c3ccccc3)c3ccccc3)ccc2)c2ccccc21.[Pt]. The third kappa shape index (κ3) is 6.34. The van der Waals surface area contributed by atoms with Crippen molar-refractivity contribution in [3.8, 4) is 33.8 Å². The maximum atomic E-state index is 8.36. The molecule has 0 radical (unpaired) electrons. The van der Waals surface area contributed by atoms with Crippen molar-refractivity contribution in [1.82, 2.24) is 18.7 Å². The second-order valence-corrected chi connectivity index (χ2v) is 15.1. The zero-order valence-electron chi connectivity index (χ0n) is 35.9. The van der Waals surface area contributed by atoms with Crippen molar-refractivity contribution in [3.63, 3.8) is 0 Å². The fourth-order valence-electron chi connectivity index (χ4n) is 9.09. The van der Waals surface area contributed by atoms with Gasteiger partial charge in [-0.3, -0.25) is 0 Å². The Labute approximate surface area is 374 Å². The third-order valence-corrected chi connectivity index (χ3v) is 11.8. The Morgan fingerprint density at radius 3 is 1.85 bits per heavy atom. The second-order valence-electron chi connectivity index (χ2n) is 15.1. The molecular weight excluding hydrogens is 924 g/mol. The van der Waals surface area contributed by atoms with Crippen LogP contribution < -0.4 is 0 Å². The molecule has 61 heavy (non-hydrogen) atoms. The molecule has 0 N–H and O–H groups in total. The van der Waals surface area contributed by atoms with Gasteiger partial charge in [0.05, 0.1) is 0 Å². The molecular formula is C56H39N4Pt-. The number of hydrogen-bond acceptors (Lipinski definition) is 1. The van der Waals surface area contributed by atoms with Crippen LogP contribution in [0.3, 0.4) is 0 Å². The van der Waals surface area contributed by atoms with Crippen LogP contribution in [0.4, 0.5) is 0 Å². The zero-order valence-corrected chi connectivity index (χ0v) is 35.2. The van der Waals surface area contributed by atoms with Crippen molar-refractivity contribution >= 4 is 32.8 Å². The number of aromatic nitrogens is 4. The fourth-order valence-corrected chi connectivity index (χ4v) is 9.09. The van der Waals surface area contributed by atoms with Gasteiger partial charge in [-0.1, -0.05) is 145 Å². The largest absolute Gasteiger partial charge is 0.319 e. The van der Waals surface area contributed by atoms with Crippen molar-refractivity contribution in [2.75, 3.05) is 0 Å². The molecule has 0 saturated heterocycles. The van der Waals surface area contributed by atoms with E-state index in [1.807, 2.05) is 65.4 Å². The average molecular weight is 966 g/mol. The summed E-state index contributed by atoms with van der Waals surface area (Å²) in [4.78, 5) is 5.06. The van der Waals surface area contributed by atoms with Crippen LogP contribution in [0, 0.1) is 12.1 Å². The molecule has 0 aliphatic carbocycles. The van der Waals surface area contributed by atoms with Gasteiger partial charge in [0.2, 0.25) is 0 Å². The van der Waals surface area contributed by atoms with Gasteiger partial charge in [0.15, 0.2) is 17.4 Å². The Morgan fingerprint density at radius 1 is 0.525 bits per heavy atom. The molecule has 0 aliphatic rings. The van der Waals surface area contributed by atoms with Crippen LogP contribution in [0.2, 0.25) is 0 Å². The number of nitrogens with zero attached hydrogens (tertiary/aromatic N) is 4.